The van der Waals surface area contributed by atoms with Crippen molar-refractivity contribution in [1.29, 1.82) is 0 Å². The molecule has 0 radical (unpaired) electrons. The summed E-state index contributed by atoms with van der Waals surface area (Å²) >= 11 is 5.67. The summed E-state index contributed by atoms with van der Waals surface area (Å²) in [7, 11) is 1.71. The number of aromatic nitrogens is 3. The summed E-state index contributed by atoms with van der Waals surface area (Å²) in [4.78, 5) is 0. The summed E-state index contributed by atoms with van der Waals surface area (Å²) in [5, 5.41) is 10.4. The van der Waals surface area contributed by atoms with Crippen molar-refractivity contribution in [2.24, 2.45) is 7.05 Å². The highest BCUT2D eigenvalue weighted by molar-refractivity contribution is 6.30. The van der Waals surface area contributed by atoms with E-state index in [4.69, 9.17) is 11.6 Å². The second-order valence-corrected chi connectivity index (χ2v) is 4.40. The molecule has 0 spiro atoms. The Balaban J connectivity index is 2.14. The van der Waals surface area contributed by atoms with Crippen LogP contribution in [-0.4, -0.2) is 15.0 Å². The first-order valence-corrected chi connectivity index (χ1v) is 5.69. The molecule has 2 rings (SSSR count). The van der Waals surface area contributed by atoms with E-state index in [0.717, 1.165) is 12.1 Å². The van der Waals surface area contributed by atoms with E-state index in [1.165, 1.54) is 10.7 Å². The Morgan fingerprint density at radius 2 is 2.05 bits per heavy atom. The van der Waals surface area contributed by atoms with Crippen molar-refractivity contribution >= 4 is 17.3 Å². The van der Waals surface area contributed by atoms with Gasteiger partial charge in [0.2, 0.25) is 0 Å². The Morgan fingerprint density at radius 1 is 1.32 bits per heavy atom. The van der Waals surface area contributed by atoms with Crippen LogP contribution in [0.3, 0.4) is 0 Å². The van der Waals surface area contributed by atoms with Crippen LogP contribution in [0.4, 0.5) is 18.9 Å². The molecule has 1 heterocycles. The molecule has 0 fully saturated rings. The van der Waals surface area contributed by atoms with E-state index < -0.39 is 11.7 Å². The molecule has 0 saturated heterocycles. The number of hydrogen-bond donors (Lipinski definition) is 1. The van der Waals surface area contributed by atoms with E-state index in [-0.39, 0.29) is 17.3 Å². The third-order valence-electron chi connectivity index (χ3n) is 2.35. The zero-order valence-corrected chi connectivity index (χ0v) is 10.6. The molecule has 0 aliphatic carbocycles. The maximum Gasteiger partial charge on any atom is 0.416 e. The van der Waals surface area contributed by atoms with Gasteiger partial charge in [0, 0.05) is 24.0 Å². The number of benzene rings is 1. The molecule has 0 aliphatic heterocycles. The van der Waals surface area contributed by atoms with E-state index in [2.05, 4.69) is 15.6 Å². The molecular weight excluding hydrogens is 281 g/mol. The molecule has 0 aliphatic rings. The summed E-state index contributed by atoms with van der Waals surface area (Å²) in [5.41, 5.74) is 0.114. The minimum atomic E-state index is -4.42. The van der Waals surface area contributed by atoms with E-state index in [0.29, 0.717) is 5.69 Å². The average Bonchev–Trinajstić information content (AvgIpc) is 2.71. The summed E-state index contributed by atoms with van der Waals surface area (Å²) in [6, 6.07) is 3.31. The SMILES string of the molecule is Cn1cc(CNc2cc(Cl)cc(C(F)(F)F)c2)nn1. The predicted octanol–water partition coefficient (Wildman–Crippen LogP) is 3.10. The molecule has 0 amide bonds. The lowest BCUT2D eigenvalue weighted by Crippen LogP contribution is -2.07. The fraction of sp³-hybridized carbons (Fsp3) is 0.273. The van der Waals surface area contributed by atoms with Crippen LogP contribution in [0, 0.1) is 0 Å². The summed E-state index contributed by atoms with van der Waals surface area (Å²) in [5.74, 6) is 0. The Morgan fingerprint density at radius 3 is 2.63 bits per heavy atom. The number of anilines is 1. The number of nitrogens with zero attached hydrogens (tertiary/aromatic N) is 3. The van der Waals surface area contributed by atoms with Gasteiger partial charge in [0.1, 0.15) is 5.69 Å². The zero-order valence-electron chi connectivity index (χ0n) is 9.87. The third kappa shape index (κ3) is 3.60. The first kappa shape index (κ1) is 13.7. The second kappa shape index (κ2) is 5.08. The molecule has 1 N–H and O–H groups in total. The first-order valence-electron chi connectivity index (χ1n) is 5.31. The number of nitrogens with one attached hydrogen (secondary N) is 1. The van der Waals surface area contributed by atoms with Gasteiger partial charge in [-0.3, -0.25) is 4.68 Å². The molecular formula is C11H10ClF3N4. The normalized spacial score (nSPS) is 11.6. The van der Waals surface area contributed by atoms with Crippen molar-refractivity contribution in [3.63, 3.8) is 0 Å². The smallest absolute Gasteiger partial charge is 0.379 e. The van der Waals surface area contributed by atoms with Crippen molar-refractivity contribution in [3.05, 3.63) is 40.7 Å². The Hall–Kier alpha value is -1.76. The fourth-order valence-electron chi connectivity index (χ4n) is 1.52. The quantitative estimate of drug-likeness (QED) is 0.944. The average molecular weight is 291 g/mol. The maximum atomic E-state index is 12.6. The Kier molecular flexibility index (Phi) is 3.66. The Bertz CT molecular complexity index is 580. The monoisotopic (exact) mass is 290 g/mol. The van der Waals surface area contributed by atoms with Gasteiger partial charge >= 0.3 is 6.18 Å². The van der Waals surface area contributed by atoms with Crippen LogP contribution in [0.2, 0.25) is 5.02 Å². The number of rotatable bonds is 3. The molecule has 19 heavy (non-hydrogen) atoms. The van der Waals surface area contributed by atoms with Crippen LogP contribution >= 0.6 is 11.6 Å². The summed E-state index contributed by atoms with van der Waals surface area (Å²) < 4.78 is 39.3. The van der Waals surface area contributed by atoms with Crippen molar-refractivity contribution < 1.29 is 13.2 Å². The molecule has 0 atom stereocenters. The number of alkyl halides is 3. The molecule has 2 aromatic rings. The van der Waals surface area contributed by atoms with Gasteiger partial charge in [-0.25, -0.2) is 0 Å². The van der Waals surface area contributed by atoms with Crippen molar-refractivity contribution in [3.8, 4) is 0 Å². The lowest BCUT2D eigenvalue weighted by Gasteiger charge is -2.10. The zero-order chi connectivity index (χ0) is 14.0. The summed E-state index contributed by atoms with van der Waals surface area (Å²) in [6.45, 7) is 0.269. The lowest BCUT2D eigenvalue weighted by molar-refractivity contribution is -0.137. The van der Waals surface area contributed by atoms with Gasteiger partial charge in [-0.15, -0.1) is 5.10 Å². The molecule has 0 saturated carbocycles. The molecule has 4 nitrogen and oxygen atoms in total. The van der Waals surface area contributed by atoms with Crippen LogP contribution < -0.4 is 5.32 Å². The molecule has 0 bridgehead atoms. The van der Waals surface area contributed by atoms with E-state index in [1.807, 2.05) is 0 Å². The van der Waals surface area contributed by atoms with Crippen molar-refractivity contribution in [2.45, 2.75) is 12.7 Å². The van der Waals surface area contributed by atoms with Gasteiger partial charge in [0.05, 0.1) is 12.1 Å². The molecule has 0 unspecified atom stereocenters. The van der Waals surface area contributed by atoms with Crippen LogP contribution in [0.25, 0.3) is 0 Å². The second-order valence-electron chi connectivity index (χ2n) is 3.96. The highest BCUT2D eigenvalue weighted by Crippen LogP contribution is 2.33. The molecule has 102 valence electrons. The van der Waals surface area contributed by atoms with Crippen LogP contribution in [-0.2, 0) is 19.8 Å². The highest BCUT2D eigenvalue weighted by Gasteiger charge is 2.31. The standard InChI is InChI=1S/C11H10ClF3N4/c1-19-6-10(17-18-19)5-16-9-3-7(11(13,14)15)2-8(12)4-9/h2-4,6,16H,5H2,1H3. The van der Waals surface area contributed by atoms with Gasteiger partial charge in [-0.1, -0.05) is 16.8 Å². The molecule has 1 aromatic carbocycles. The molecule has 8 heteroatoms. The van der Waals surface area contributed by atoms with E-state index in [1.54, 1.807) is 13.2 Å². The van der Waals surface area contributed by atoms with Gasteiger partial charge in [-0.2, -0.15) is 13.2 Å². The Labute approximate surface area is 112 Å². The minimum Gasteiger partial charge on any atom is -0.379 e. The van der Waals surface area contributed by atoms with Crippen molar-refractivity contribution in [2.75, 3.05) is 5.32 Å². The van der Waals surface area contributed by atoms with Crippen LogP contribution in [0.5, 0.6) is 0 Å². The predicted molar refractivity (Wildman–Crippen MR) is 64.8 cm³/mol. The lowest BCUT2D eigenvalue weighted by atomic mass is 10.2. The maximum absolute atomic E-state index is 12.6. The van der Waals surface area contributed by atoms with Gasteiger partial charge in [-0.05, 0) is 18.2 Å². The largest absolute Gasteiger partial charge is 0.416 e. The number of halogens is 4. The van der Waals surface area contributed by atoms with Crippen LogP contribution in [0.15, 0.2) is 24.4 Å². The van der Waals surface area contributed by atoms with Crippen LogP contribution in [0.1, 0.15) is 11.3 Å². The number of aryl methyl sites for hydroxylation is 1. The number of hydrogen-bond acceptors (Lipinski definition) is 3. The summed E-state index contributed by atoms with van der Waals surface area (Å²) in [6.07, 6.45) is -2.75. The van der Waals surface area contributed by atoms with E-state index >= 15 is 0 Å². The van der Waals surface area contributed by atoms with Gasteiger partial charge < -0.3 is 5.32 Å². The first-order chi connectivity index (χ1) is 8.84. The molecule has 1 aromatic heterocycles. The van der Waals surface area contributed by atoms with Crippen molar-refractivity contribution in [1.82, 2.24) is 15.0 Å². The van der Waals surface area contributed by atoms with Gasteiger partial charge in [0.25, 0.3) is 0 Å². The highest BCUT2D eigenvalue weighted by atomic mass is 35.5. The van der Waals surface area contributed by atoms with Gasteiger partial charge in [0.15, 0.2) is 0 Å². The third-order valence-corrected chi connectivity index (χ3v) is 2.57. The topological polar surface area (TPSA) is 42.7 Å². The fourth-order valence-corrected chi connectivity index (χ4v) is 1.76. The van der Waals surface area contributed by atoms with E-state index in [9.17, 15) is 13.2 Å². The minimum absolute atomic E-state index is 0.0245.